The third-order valence-electron chi connectivity index (χ3n) is 5.45. The fraction of sp³-hybridized carbons (Fsp3) is 0.412. The Hall–Kier alpha value is -3.68. The number of nitrogens with two attached hydrogens (primary N) is 2. The summed E-state index contributed by atoms with van der Waals surface area (Å²) in [4.78, 5) is 60.2. The van der Waals surface area contributed by atoms with Crippen LogP contribution in [0.4, 0.5) is 9.93 Å². The van der Waals surface area contributed by atoms with Gasteiger partial charge in [-0.05, 0) is 12.0 Å². The van der Waals surface area contributed by atoms with E-state index < -0.39 is 36.0 Å². The van der Waals surface area contributed by atoms with E-state index in [0.717, 1.165) is 16.2 Å². The van der Waals surface area contributed by atoms with E-state index >= 15 is 0 Å². The SMILES string of the molecule is CO/N=C(\C(=O)N1C[C@H]2CC(COC(N)=O)=C(C(=O)O)N3C(=O)[C@@H]1[C@@H]23)c1csc(N)n1. The van der Waals surface area contributed by atoms with Crippen LogP contribution in [0.1, 0.15) is 12.1 Å². The van der Waals surface area contributed by atoms with E-state index in [1.54, 1.807) is 5.38 Å². The minimum Gasteiger partial charge on any atom is -0.477 e. The van der Waals surface area contributed by atoms with Gasteiger partial charge in [-0.3, -0.25) is 14.5 Å². The van der Waals surface area contributed by atoms with Gasteiger partial charge in [0, 0.05) is 17.8 Å². The molecule has 0 spiro atoms. The molecule has 2 fully saturated rings. The molecule has 5 N–H and O–H groups in total. The highest BCUT2D eigenvalue weighted by molar-refractivity contribution is 7.13. The van der Waals surface area contributed by atoms with Crippen LogP contribution in [0.2, 0.25) is 0 Å². The number of carboxylic acids is 1. The van der Waals surface area contributed by atoms with Gasteiger partial charge in [0.2, 0.25) is 0 Å². The molecule has 0 aromatic carbocycles. The van der Waals surface area contributed by atoms with Crippen LogP contribution in [0.5, 0.6) is 0 Å². The zero-order valence-corrected chi connectivity index (χ0v) is 17.0. The number of oxime groups is 1. The second kappa shape index (κ2) is 7.54. The van der Waals surface area contributed by atoms with Crippen molar-refractivity contribution in [2.45, 2.75) is 18.5 Å². The molecule has 164 valence electrons. The van der Waals surface area contributed by atoms with E-state index in [2.05, 4.69) is 10.1 Å². The van der Waals surface area contributed by atoms with Crippen molar-refractivity contribution in [3.63, 3.8) is 0 Å². The zero-order chi connectivity index (χ0) is 22.4. The first-order chi connectivity index (χ1) is 14.7. The van der Waals surface area contributed by atoms with Gasteiger partial charge >= 0.3 is 12.1 Å². The maximum Gasteiger partial charge on any atom is 0.404 e. The van der Waals surface area contributed by atoms with Crippen LogP contribution in [0.15, 0.2) is 21.8 Å². The van der Waals surface area contributed by atoms with Crippen LogP contribution in [0.25, 0.3) is 0 Å². The normalized spacial score (nSPS) is 24.6. The summed E-state index contributed by atoms with van der Waals surface area (Å²) in [6.45, 7) is -0.178. The molecular weight excluding hydrogens is 432 g/mol. The quantitative estimate of drug-likeness (QED) is 0.276. The highest BCUT2D eigenvalue weighted by atomic mass is 32.1. The minimum atomic E-state index is -1.32. The molecule has 0 unspecified atom stereocenters. The van der Waals surface area contributed by atoms with Gasteiger partial charge in [-0.2, -0.15) is 0 Å². The van der Waals surface area contributed by atoms with E-state index in [1.807, 2.05) is 0 Å². The molecule has 0 saturated carbocycles. The largest absolute Gasteiger partial charge is 0.477 e. The molecule has 0 bridgehead atoms. The highest BCUT2D eigenvalue weighted by Crippen LogP contribution is 2.47. The van der Waals surface area contributed by atoms with Gasteiger partial charge in [-0.25, -0.2) is 14.6 Å². The number of aliphatic carboxylic acids is 1. The fourth-order valence-corrected chi connectivity index (χ4v) is 4.90. The molecule has 3 aliphatic heterocycles. The van der Waals surface area contributed by atoms with Gasteiger partial charge in [-0.1, -0.05) is 5.16 Å². The number of amides is 3. The summed E-state index contributed by atoms with van der Waals surface area (Å²) in [5, 5.41) is 15.2. The number of β-lactam (4-membered cyclic amide) rings is 1. The maximum absolute atomic E-state index is 13.2. The number of primary amides is 1. The number of ether oxygens (including phenoxy) is 1. The van der Waals surface area contributed by atoms with Crippen molar-refractivity contribution in [2.75, 3.05) is 26.0 Å². The molecule has 3 atom stereocenters. The van der Waals surface area contributed by atoms with E-state index in [9.17, 15) is 24.3 Å². The third kappa shape index (κ3) is 3.24. The van der Waals surface area contributed by atoms with Crippen LogP contribution < -0.4 is 11.5 Å². The molecule has 3 aliphatic rings. The smallest absolute Gasteiger partial charge is 0.404 e. The molecule has 2 saturated heterocycles. The van der Waals surface area contributed by atoms with Crippen molar-refractivity contribution in [3.05, 3.63) is 22.3 Å². The number of anilines is 1. The number of carboxylic acid groups (broad SMARTS) is 1. The lowest BCUT2D eigenvalue weighted by Gasteiger charge is -2.49. The Balaban J connectivity index is 1.63. The van der Waals surface area contributed by atoms with E-state index in [4.69, 9.17) is 21.0 Å². The van der Waals surface area contributed by atoms with Crippen LogP contribution in [0.3, 0.4) is 0 Å². The van der Waals surface area contributed by atoms with E-state index in [0.29, 0.717) is 0 Å². The number of carbonyl (C=O) groups excluding carboxylic acids is 3. The molecule has 4 heterocycles. The Labute approximate surface area is 178 Å². The second-order valence-corrected chi connectivity index (χ2v) is 8.01. The average molecular weight is 450 g/mol. The van der Waals surface area contributed by atoms with Gasteiger partial charge in [0.25, 0.3) is 11.8 Å². The average Bonchev–Trinajstić information content (AvgIpc) is 3.30. The predicted molar refractivity (Wildman–Crippen MR) is 105 cm³/mol. The van der Waals surface area contributed by atoms with Crippen molar-refractivity contribution in [2.24, 2.45) is 16.8 Å². The van der Waals surface area contributed by atoms with Crippen LogP contribution >= 0.6 is 11.3 Å². The van der Waals surface area contributed by atoms with E-state index in [-0.39, 0.29) is 53.3 Å². The number of thiazole rings is 1. The molecular formula is C17H18N6O7S. The molecule has 0 radical (unpaired) electrons. The van der Waals surface area contributed by atoms with Crippen LogP contribution in [-0.2, 0) is 24.0 Å². The topological polar surface area (TPSA) is 191 Å². The number of likely N-dealkylation sites (tertiary alicyclic amines) is 1. The summed E-state index contributed by atoms with van der Waals surface area (Å²) in [5.74, 6) is -2.68. The Morgan fingerprint density at radius 2 is 2.16 bits per heavy atom. The molecule has 1 aromatic heterocycles. The number of hydrogen-bond acceptors (Lipinski definition) is 10. The summed E-state index contributed by atoms with van der Waals surface area (Å²) in [5.41, 5.74) is 10.8. The number of carbonyl (C=O) groups is 4. The first-order valence-corrected chi connectivity index (χ1v) is 9.96. The van der Waals surface area contributed by atoms with Gasteiger partial charge < -0.3 is 31.0 Å². The van der Waals surface area contributed by atoms with Crippen molar-refractivity contribution in [1.82, 2.24) is 14.8 Å². The predicted octanol–water partition coefficient (Wildman–Crippen LogP) is -1.05. The number of nitrogen functional groups attached to an aromatic ring is 1. The number of rotatable bonds is 6. The lowest BCUT2D eigenvalue weighted by atomic mass is 9.79. The van der Waals surface area contributed by atoms with Crippen molar-refractivity contribution < 1.29 is 33.9 Å². The molecule has 4 rings (SSSR count). The summed E-state index contributed by atoms with van der Waals surface area (Å²) >= 11 is 1.12. The lowest BCUT2D eigenvalue weighted by molar-refractivity contribution is -0.159. The Bertz CT molecular complexity index is 1050. The monoisotopic (exact) mass is 450 g/mol. The molecule has 31 heavy (non-hydrogen) atoms. The summed E-state index contributed by atoms with van der Waals surface area (Å²) < 4.78 is 4.76. The molecule has 13 nitrogen and oxygen atoms in total. The van der Waals surface area contributed by atoms with Crippen molar-refractivity contribution >= 4 is 46.1 Å². The number of hydrogen-bond donors (Lipinski definition) is 3. The fourth-order valence-electron chi connectivity index (χ4n) is 4.35. The lowest BCUT2D eigenvalue weighted by Crippen LogP contribution is -2.69. The Morgan fingerprint density at radius 1 is 1.42 bits per heavy atom. The van der Waals surface area contributed by atoms with Gasteiger partial charge in [0.15, 0.2) is 10.8 Å². The number of nitrogens with zero attached hydrogens (tertiary/aromatic N) is 4. The Morgan fingerprint density at radius 3 is 2.74 bits per heavy atom. The second-order valence-electron chi connectivity index (χ2n) is 7.12. The Kier molecular flexibility index (Phi) is 5.00. The molecule has 14 heteroatoms. The maximum atomic E-state index is 13.2. The van der Waals surface area contributed by atoms with Crippen molar-refractivity contribution in [1.29, 1.82) is 0 Å². The summed E-state index contributed by atoms with van der Waals surface area (Å²) in [7, 11) is 1.27. The van der Waals surface area contributed by atoms with E-state index in [1.165, 1.54) is 12.0 Å². The summed E-state index contributed by atoms with van der Waals surface area (Å²) in [6, 6.07) is -1.33. The highest BCUT2D eigenvalue weighted by Gasteiger charge is 2.64. The molecule has 0 aliphatic carbocycles. The minimum absolute atomic E-state index is 0.107. The van der Waals surface area contributed by atoms with Gasteiger partial charge in [0.1, 0.15) is 31.1 Å². The first kappa shape index (κ1) is 20.6. The molecule has 1 aromatic rings. The van der Waals surface area contributed by atoms with Crippen LogP contribution in [0, 0.1) is 5.92 Å². The first-order valence-electron chi connectivity index (χ1n) is 9.08. The summed E-state index contributed by atoms with van der Waals surface area (Å²) in [6.07, 6.45) is -0.831. The van der Waals surface area contributed by atoms with Gasteiger partial charge in [0.05, 0.1) is 6.04 Å². The van der Waals surface area contributed by atoms with Crippen molar-refractivity contribution in [3.8, 4) is 0 Å². The zero-order valence-electron chi connectivity index (χ0n) is 16.2. The van der Waals surface area contributed by atoms with Gasteiger partial charge in [-0.15, -0.1) is 11.3 Å². The van der Waals surface area contributed by atoms with Crippen LogP contribution in [-0.4, -0.2) is 81.8 Å². The third-order valence-corrected chi connectivity index (χ3v) is 6.12. The number of aromatic nitrogens is 1. The molecule has 3 amide bonds. The standard InChI is InChI=1S/C17H18N6O7S/c1-29-21-9(8-5-31-16(18)20-8)13(24)22-3-6-2-7(4-30-17(19)28)11(15(26)27)23-10(6)12(22)14(23)25/h5-6,10,12H,2-4H2,1H3,(H2,18,20)(H2,19,28)(H,26,27)/b21-9-/t6-,10-,12+/m1/s1.